The summed E-state index contributed by atoms with van der Waals surface area (Å²) >= 11 is 0. The number of ether oxygens (including phenoxy) is 29. The van der Waals surface area contributed by atoms with Gasteiger partial charge in [-0.2, -0.15) is 4.98 Å². The molecule has 0 saturated carbocycles. The number of methoxy groups -OCH3 is 2. The van der Waals surface area contributed by atoms with Crippen molar-refractivity contribution in [1.29, 1.82) is 0 Å². The van der Waals surface area contributed by atoms with E-state index in [1.165, 1.54) is 12.3 Å². The van der Waals surface area contributed by atoms with Gasteiger partial charge in [0.1, 0.15) is 34.9 Å². The van der Waals surface area contributed by atoms with E-state index < -0.39 is 18.1 Å². The fraction of sp³-hybridized carbons (Fsp3) is 0.690. The highest BCUT2D eigenvalue weighted by atomic mass is 16.6. The summed E-state index contributed by atoms with van der Waals surface area (Å²) in [6.45, 7) is 23.6. The maximum atomic E-state index is 14.4. The van der Waals surface area contributed by atoms with E-state index in [4.69, 9.17) is 153 Å². The third kappa shape index (κ3) is 63.8. The van der Waals surface area contributed by atoms with E-state index in [1.807, 2.05) is 42.5 Å². The zero-order valence-electron chi connectivity index (χ0n) is 85.8. The zero-order valence-corrected chi connectivity index (χ0v) is 85.8. The summed E-state index contributed by atoms with van der Waals surface area (Å²) in [6, 6.07) is 21.4. The highest BCUT2D eigenvalue weighted by Gasteiger charge is 2.35. The van der Waals surface area contributed by atoms with Crippen molar-refractivity contribution < 1.29 is 166 Å². The third-order valence-corrected chi connectivity index (χ3v) is 20.5. The molecule has 4 aromatic rings. The number of hydrogen-bond donors (Lipinski definition) is 6. The summed E-state index contributed by atoms with van der Waals surface area (Å²) in [5, 5.41) is 15.2. The van der Waals surface area contributed by atoms with Crippen molar-refractivity contribution in [1.82, 2.24) is 41.5 Å². The molecule has 2 heterocycles. The van der Waals surface area contributed by atoms with Crippen molar-refractivity contribution in [2.24, 2.45) is 0 Å². The number of nitrogens with zero attached hydrogens (tertiary/aromatic N) is 4. The molecule has 1 aliphatic carbocycles. The molecule has 146 heavy (non-hydrogen) atoms. The van der Waals surface area contributed by atoms with Gasteiger partial charge in [0, 0.05) is 114 Å². The fourth-order valence-corrected chi connectivity index (χ4v) is 12.9. The van der Waals surface area contributed by atoms with Gasteiger partial charge in [-0.25, -0.2) is 9.97 Å². The van der Waals surface area contributed by atoms with Crippen LogP contribution in [0.1, 0.15) is 50.7 Å². The van der Waals surface area contributed by atoms with E-state index in [2.05, 4.69) is 55.3 Å². The first kappa shape index (κ1) is 126. The van der Waals surface area contributed by atoms with Crippen LogP contribution in [0.3, 0.4) is 0 Å². The smallest absolute Gasteiger partial charge is 0.318 e. The van der Waals surface area contributed by atoms with Gasteiger partial charge in [0.25, 0.3) is 5.91 Å². The Morgan fingerprint density at radius 1 is 0.349 bits per heavy atom. The summed E-state index contributed by atoms with van der Waals surface area (Å²) in [5.74, 6) is -0.885. The van der Waals surface area contributed by atoms with Crippen LogP contribution < -0.4 is 52.1 Å². The lowest BCUT2D eigenvalue weighted by Gasteiger charge is -2.34. The summed E-state index contributed by atoms with van der Waals surface area (Å²) in [5.41, 5.74) is 8.21. The van der Waals surface area contributed by atoms with E-state index >= 15 is 0 Å². The normalized spacial score (nSPS) is 12.0. The van der Waals surface area contributed by atoms with Gasteiger partial charge in [-0.15, -0.1) is 0 Å². The van der Waals surface area contributed by atoms with Gasteiger partial charge in [0.05, 0.1) is 344 Å². The SMILES string of the molecule is CCN(CC)c1ccc2nc3c4cc(OCC(=O)NC(COCCC(=O)NCCOCCOCCOCCOC)(COCCC(=O)NCCOCCOCCOCCOCCOCCOCCOCCOC)COCCC(=O)NCCOCCOCCOCCOCCOCCOCCOCCOCCOCCOCCOCCOCCC(=O)NCc5ccc(COc6nccc(N)n6)cc5)ccc4c(=O)cc-3oc2c1. The minimum absolute atomic E-state index is 0.0681. The second kappa shape index (κ2) is 86.9. The number of nitrogen functional groups attached to an aromatic ring is 1. The summed E-state index contributed by atoms with van der Waals surface area (Å²) in [6.07, 6.45) is 1.56. The van der Waals surface area contributed by atoms with Crippen molar-refractivity contribution in [3.8, 4) is 23.2 Å². The number of rotatable bonds is 102. The highest BCUT2D eigenvalue weighted by molar-refractivity contribution is 5.97. The van der Waals surface area contributed by atoms with Crippen LogP contribution in [0.2, 0.25) is 0 Å². The average Bonchev–Trinajstić information content (AvgIpc) is 0.752. The van der Waals surface area contributed by atoms with Crippen LogP contribution in [0.5, 0.6) is 11.8 Å². The fourth-order valence-electron chi connectivity index (χ4n) is 12.9. The molecular formula is C100H160N10O36. The molecule has 1 aromatic heterocycles. The first-order valence-electron chi connectivity index (χ1n) is 50.1. The number of nitrogens with one attached hydrogen (secondary N) is 5. The third-order valence-electron chi connectivity index (χ3n) is 20.5. The molecule has 0 bridgehead atoms. The topological polar surface area (TPSA) is 511 Å². The lowest BCUT2D eigenvalue weighted by molar-refractivity contribution is -0.132. The molecule has 46 nitrogen and oxygen atoms in total. The largest absolute Gasteiger partial charge is 0.484 e. The predicted molar refractivity (Wildman–Crippen MR) is 535 cm³/mol. The van der Waals surface area contributed by atoms with Crippen LogP contribution in [0.25, 0.3) is 33.3 Å². The monoisotopic (exact) mass is 2080 g/mol. The Bertz CT molecular complexity index is 4270. The first-order valence-corrected chi connectivity index (χ1v) is 50.1. The van der Waals surface area contributed by atoms with Gasteiger partial charge in [-0.1, -0.05) is 24.3 Å². The van der Waals surface area contributed by atoms with Gasteiger partial charge in [0.2, 0.25) is 23.6 Å². The zero-order chi connectivity index (χ0) is 104. The summed E-state index contributed by atoms with van der Waals surface area (Å²) in [7, 11) is 3.23. The van der Waals surface area contributed by atoms with Gasteiger partial charge in [-0.05, 0) is 61.4 Å². The number of carbonyl (C=O) groups excluding carboxylic acids is 5. The molecule has 6 rings (SSSR count). The van der Waals surface area contributed by atoms with E-state index in [0.29, 0.717) is 311 Å². The number of hydrogen-bond acceptors (Lipinski definition) is 41. The van der Waals surface area contributed by atoms with E-state index in [0.717, 1.165) is 29.9 Å². The molecule has 46 heteroatoms. The van der Waals surface area contributed by atoms with Crippen molar-refractivity contribution in [3.63, 3.8) is 0 Å². The van der Waals surface area contributed by atoms with E-state index in [-0.39, 0.29) is 171 Å². The Balaban J connectivity index is 0.804. The number of fused-ring (bicyclic) bond motifs is 4. The number of benzene rings is 4. The molecule has 5 amide bonds. The van der Waals surface area contributed by atoms with Crippen LogP contribution in [0, 0.1) is 0 Å². The van der Waals surface area contributed by atoms with Crippen molar-refractivity contribution in [2.75, 3.05) is 408 Å². The molecular weight excluding hydrogens is 1920 g/mol. The standard InChI is InChI=1S/C100H160N10O36/c1-5-110(6-2)84-11-14-88-90(73-84)146-91-75-89(111)86-13-12-85(74-87(86)98(91)107-88)144-78-97(116)109-100(79-141-25-17-93(112)102-21-28-120-36-40-126-45-43-123-33-31-117-3,80-142-26-18-94(113)103-22-29-121-37-41-127-48-51-131-56-59-135-62-61-133-54-53-129-46-44-124-34-32-118-4)81-143-27-19-95(114)104-23-30-122-38-42-128-49-52-132-57-60-136-64-66-138-68-70-140-72-71-139-69-67-137-65-63-134-58-55-130-50-47-125-39-35-119-24-16-96(115)106-76-82-7-9-83(10-8-82)77-145-99-105-20-15-92(101)108-99/h7-15,20,73-75H,5-6,16-19,21-72,76-81H2,1-4H3,(H,102,112)(H,103,113)(H,104,114)(H,106,115)(H,109,116)(H2,101,105,108). The molecule has 3 aromatic carbocycles. The minimum atomic E-state index is -1.50. The quantitative estimate of drug-likeness (QED) is 0.0181. The lowest BCUT2D eigenvalue weighted by Crippen LogP contribution is -2.59. The maximum absolute atomic E-state index is 14.4. The van der Waals surface area contributed by atoms with E-state index in [1.54, 1.807) is 38.5 Å². The van der Waals surface area contributed by atoms with Gasteiger partial charge in [0.15, 0.2) is 23.4 Å². The molecule has 1 atom stereocenters. The average molecular weight is 2080 g/mol. The summed E-state index contributed by atoms with van der Waals surface area (Å²) in [4.78, 5) is 94.8. The Hall–Kier alpha value is -8.91. The molecule has 1 aliphatic heterocycles. The number of nitrogens with two attached hydrogens (primary N) is 1. The molecule has 0 spiro atoms. The van der Waals surface area contributed by atoms with Crippen LogP contribution in [-0.2, 0) is 165 Å². The number of carbonyl (C=O) groups is 5. The van der Waals surface area contributed by atoms with Gasteiger partial charge < -0.3 is 179 Å². The minimum Gasteiger partial charge on any atom is -0.484 e. The first-order chi connectivity index (χ1) is 71.8. The number of aromatic nitrogens is 3. The number of anilines is 2. The molecule has 0 fully saturated rings. The summed E-state index contributed by atoms with van der Waals surface area (Å²) < 4.78 is 169. The van der Waals surface area contributed by atoms with Gasteiger partial charge >= 0.3 is 6.01 Å². The number of amides is 5. The molecule has 1 unspecified atom stereocenters. The van der Waals surface area contributed by atoms with Crippen molar-refractivity contribution in [2.45, 2.75) is 58.2 Å². The van der Waals surface area contributed by atoms with E-state index in [9.17, 15) is 28.8 Å². The Labute approximate surface area is 856 Å². The Kier molecular flexibility index (Phi) is 74.8. The predicted octanol–water partition coefficient (Wildman–Crippen LogP) is 3.41. The lowest BCUT2D eigenvalue weighted by atomic mass is 10.0. The molecule has 826 valence electrons. The van der Waals surface area contributed by atoms with Crippen molar-refractivity contribution in [3.05, 3.63) is 100 Å². The van der Waals surface area contributed by atoms with Gasteiger partial charge in [-0.3, -0.25) is 28.8 Å². The molecule has 2 aliphatic rings. The second-order valence-corrected chi connectivity index (χ2v) is 31.9. The van der Waals surface area contributed by atoms with Crippen LogP contribution in [0.15, 0.2) is 88.2 Å². The Morgan fingerprint density at radius 2 is 0.692 bits per heavy atom. The maximum Gasteiger partial charge on any atom is 0.318 e. The molecule has 0 saturated heterocycles. The van der Waals surface area contributed by atoms with Crippen molar-refractivity contribution >= 4 is 62.9 Å². The highest BCUT2D eigenvalue weighted by Crippen LogP contribution is 2.34. The second-order valence-electron chi connectivity index (χ2n) is 31.9. The molecule has 0 radical (unpaired) electrons. The van der Waals surface area contributed by atoms with Crippen LogP contribution in [0.4, 0.5) is 11.5 Å². The van der Waals surface area contributed by atoms with Crippen LogP contribution >= 0.6 is 0 Å². The Morgan fingerprint density at radius 3 is 1.05 bits per heavy atom. The van der Waals surface area contributed by atoms with Crippen LogP contribution in [-0.4, -0.2) is 447 Å². The molecule has 7 N–H and O–H groups in total.